The number of fused-ring (bicyclic) bond motifs is 4. The van der Waals surface area contributed by atoms with Crippen LogP contribution in [0.25, 0.3) is 16.7 Å². The van der Waals surface area contributed by atoms with Gasteiger partial charge in [0.05, 0.1) is 10.9 Å². The minimum absolute atomic E-state index is 0.0278. The van der Waals surface area contributed by atoms with E-state index in [1.54, 1.807) is 31.2 Å². The van der Waals surface area contributed by atoms with Gasteiger partial charge in [0.25, 0.3) is 11.7 Å². The summed E-state index contributed by atoms with van der Waals surface area (Å²) in [5, 5.41) is 8.73. The second-order valence-electron chi connectivity index (χ2n) is 11.0. The number of likely N-dealkylation sites (tertiary alicyclic amines) is 1. The van der Waals surface area contributed by atoms with Gasteiger partial charge in [-0.05, 0) is 63.4 Å². The van der Waals surface area contributed by atoms with Crippen LogP contribution in [0.1, 0.15) is 50.1 Å². The van der Waals surface area contributed by atoms with Crippen molar-refractivity contribution in [3.63, 3.8) is 0 Å². The first kappa shape index (κ1) is 26.1. The number of carbonyl (C=O) groups excluding carboxylic acids is 1. The highest BCUT2D eigenvalue weighted by molar-refractivity contribution is 5.94. The van der Waals surface area contributed by atoms with E-state index in [1.807, 2.05) is 29.2 Å². The summed E-state index contributed by atoms with van der Waals surface area (Å²) < 4.78 is 44.3. The van der Waals surface area contributed by atoms with Gasteiger partial charge in [-0.25, -0.2) is 13.2 Å². The number of rotatable bonds is 2. The Balaban J connectivity index is 1.38. The van der Waals surface area contributed by atoms with Crippen molar-refractivity contribution in [2.24, 2.45) is 5.41 Å². The number of amides is 1. The Morgan fingerprint density at radius 2 is 1.80 bits per heavy atom. The molecule has 2 aliphatic heterocycles. The van der Waals surface area contributed by atoms with E-state index in [9.17, 15) is 13.6 Å². The van der Waals surface area contributed by atoms with Gasteiger partial charge in [0.2, 0.25) is 5.91 Å². The van der Waals surface area contributed by atoms with Gasteiger partial charge in [0.15, 0.2) is 0 Å². The van der Waals surface area contributed by atoms with Crippen molar-refractivity contribution in [3.05, 3.63) is 59.2 Å². The van der Waals surface area contributed by atoms with Gasteiger partial charge < -0.3 is 9.80 Å². The molecule has 7 nitrogen and oxygen atoms in total. The van der Waals surface area contributed by atoms with E-state index in [4.69, 9.17) is 4.98 Å². The molecule has 4 aromatic rings. The van der Waals surface area contributed by atoms with Crippen molar-refractivity contribution in [1.29, 1.82) is 0 Å². The molecule has 2 aromatic heterocycles. The van der Waals surface area contributed by atoms with E-state index in [-0.39, 0.29) is 37.7 Å². The molecule has 6 rings (SSSR count). The Morgan fingerprint density at radius 3 is 2.58 bits per heavy atom. The van der Waals surface area contributed by atoms with Gasteiger partial charge >= 0.3 is 0 Å². The minimum Gasteiger partial charge on any atom is -0.341 e. The number of hydrogen-bond donors (Lipinski definition) is 0. The summed E-state index contributed by atoms with van der Waals surface area (Å²) in [5.74, 6) is 4.47. The number of piperidine rings is 1. The summed E-state index contributed by atoms with van der Waals surface area (Å²) >= 11 is 0. The fraction of sp³-hybridized carbons (Fsp3) is 0.400. The van der Waals surface area contributed by atoms with E-state index in [0.29, 0.717) is 34.9 Å². The summed E-state index contributed by atoms with van der Waals surface area (Å²) in [4.78, 5) is 21.4. The molecule has 0 spiro atoms. The molecule has 4 heterocycles. The molecule has 1 saturated heterocycles. The Hall–Kier alpha value is -4.13. The molecule has 0 atom stereocenters. The zero-order valence-electron chi connectivity index (χ0n) is 22.6. The number of anilines is 2. The van der Waals surface area contributed by atoms with Crippen LogP contribution in [-0.4, -0.2) is 55.9 Å². The third-order valence-electron chi connectivity index (χ3n) is 7.80. The van der Waals surface area contributed by atoms with Crippen molar-refractivity contribution in [2.45, 2.75) is 52.4 Å². The van der Waals surface area contributed by atoms with E-state index in [1.165, 1.54) is 11.0 Å². The number of carbonyl (C=O) groups is 1. The van der Waals surface area contributed by atoms with Crippen LogP contribution in [0.3, 0.4) is 0 Å². The summed E-state index contributed by atoms with van der Waals surface area (Å²) in [6.07, 6.45) is 0.908. The molecule has 2 aromatic carbocycles. The predicted molar refractivity (Wildman–Crippen MR) is 146 cm³/mol. The first-order chi connectivity index (χ1) is 19.1. The largest absolute Gasteiger partial charge is 0.341 e. The van der Waals surface area contributed by atoms with Gasteiger partial charge in [-0.15, -0.1) is 10.2 Å². The Morgan fingerprint density at radius 1 is 1.05 bits per heavy atom. The maximum atomic E-state index is 15.3. The lowest BCUT2D eigenvalue weighted by Gasteiger charge is -2.35. The number of aromatic nitrogens is 4. The second-order valence-corrected chi connectivity index (χ2v) is 11.0. The van der Waals surface area contributed by atoms with Gasteiger partial charge in [0.1, 0.15) is 22.9 Å². The quantitative estimate of drug-likeness (QED) is 0.313. The van der Waals surface area contributed by atoms with Crippen LogP contribution < -0.4 is 4.90 Å². The lowest BCUT2D eigenvalue weighted by Crippen LogP contribution is -2.47. The number of hydrogen-bond acceptors (Lipinski definition) is 5. The molecule has 0 saturated carbocycles. The Bertz CT molecular complexity index is 1710. The van der Waals surface area contributed by atoms with Gasteiger partial charge in [-0.1, -0.05) is 24.0 Å². The van der Waals surface area contributed by atoms with E-state index < -0.39 is 11.3 Å². The number of nitrogens with zero attached hydrogens (tertiary/aromatic N) is 6. The van der Waals surface area contributed by atoms with Gasteiger partial charge in [0, 0.05) is 43.7 Å². The highest BCUT2D eigenvalue weighted by atomic mass is 19.3. The summed E-state index contributed by atoms with van der Waals surface area (Å²) in [6, 6.07) is 10.7. The zero-order valence-corrected chi connectivity index (χ0v) is 22.6. The van der Waals surface area contributed by atoms with Crippen LogP contribution in [-0.2, 0) is 11.2 Å². The highest BCUT2D eigenvalue weighted by Gasteiger charge is 2.39. The minimum atomic E-state index is -2.72. The molecule has 0 N–H and O–H groups in total. The molecule has 1 amide bonds. The Kier molecular flexibility index (Phi) is 6.21. The van der Waals surface area contributed by atoms with Crippen molar-refractivity contribution in [2.75, 3.05) is 24.5 Å². The fourth-order valence-electron chi connectivity index (χ4n) is 5.64. The standard InChI is InChI=1S/C30H29F3N6O/c1-19-35-36-28-34-26(25-22(31)9-5-11-24(25)39(19)28)38-16-6-8-21-20(7-4-10-23(21)38)12-13-29(2,3)27(40)37-17-14-30(32,33)15-18-37/h4-5,7,9-11H,6,8,14-18H2,1-3H3. The van der Waals surface area contributed by atoms with Crippen molar-refractivity contribution < 1.29 is 18.0 Å². The summed E-state index contributed by atoms with van der Waals surface area (Å²) in [7, 11) is 0. The van der Waals surface area contributed by atoms with Crippen LogP contribution in [0.5, 0.6) is 0 Å². The number of benzene rings is 2. The van der Waals surface area contributed by atoms with Crippen LogP contribution in [0, 0.1) is 30.0 Å². The number of alkyl halides is 2. The predicted octanol–water partition coefficient (Wildman–Crippen LogP) is 5.44. The molecular formula is C30H29F3N6O. The monoisotopic (exact) mass is 546 g/mol. The van der Waals surface area contributed by atoms with E-state index in [2.05, 4.69) is 22.0 Å². The fourth-order valence-corrected chi connectivity index (χ4v) is 5.64. The first-order valence-electron chi connectivity index (χ1n) is 13.5. The lowest BCUT2D eigenvalue weighted by molar-refractivity contribution is -0.143. The maximum absolute atomic E-state index is 15.3. The third-order valence-corrected chi connectivity index (χ3v) is 7.80. The Labute approximate surface area is 230 Å². The molecule has 0 bridgehead atoms. The van der Waals surface area contributed by atoms with E-state index >= 15 is 4.39 Å². The molecule has 10 heteroatoms. The third kappa shape index (κ3) is 4.43. The summed E-state index contributed by atoms with van der Waals surface area (Å²) in [5.41, 5.74) is 2.24. The molecule has 2 aliphatic rings. The number of halogens is 3. The average Bonchev–Trinajstić information content (AvgIpc) is 3.31. The van der Waals surface area contributed by atoms with Crippen molar-refractivity contribution in [1.82, 2.24) is 24.5 Å². The maximum Gasteiger partial charge on any atom is 0.257 e. The number of aryl methyl sites for hydroxylation is 1. The molecular weight excluding hydrogens is 517 g/mol. The van der Waals surface area contributed by atoms with Crippen molar-refractivity contribution >= 4 is 34.1 Å². The average molecular weight is 547 g/mol. The topological polar surface area (TPSA) is 66.6 Å². The van der Waals surface area contributed by atoms with E-state index in [0.717, 1.165) is 29.7 Å². The molecule has 1 fully saturated rings. The normalized spacial score (nSPS) is 17.1. The van der Waals surface area contributed by atoms with Crippen LogP contribution >= 0.6 is 0 Å². The molecule has 0 aliphatic carbocycles. The zero-order chi connectivity index (χ0) is 28.2. The SMILES string of the molecule is Cc1nnc2nc(N3CCCc4c(C#CC(C)(C)C(=O)N5CCC(F)(F)CC5)cccc43)c3c(F)cccc3n12. The highest BCUT2D eigenvalue weighted by Crippen LogP contribution is 2.39. The van der Waals surface area contributed by atoms with Gasteiger partial charge in [-0.3, -0.25) is 9.20 Å². The van der Waals surface area contributed by atoms with Crippen molar-refractivity contribution in [3.8, 4) is 11.8 Å². The van der Waals surface area contributed by atoms with Crippen LogP contribution in [0.4, 0.5) is 24.7 Å². The molecule has 206 valence electrons. The molecule has 0 radical (unpaired) electrons. The van der Waals surface area contributed by atoms with Crippen LogP contribution in [0.2, 0.25) is 0 Å². The smallest absolute Gasteiger partial charge is 0.257 e. The summed E-state index contributed by atoms with van der Waals surface area (Å²) in [6.45, 7) is 5.95. The molecule has 40 heavy (non-hydrogen) atoms. The van der Waals surface area contributed by atoms with Crippen LogP contribution in [0.15, 0.2) is 36.4 Å². The first-order valence-corrected chi connectivity index (χ1v) is 13.5. The second kappa shape index (κ2) is 9.51. The molecule has 0 unspecified atom stereocenters. The lowest BCUT2D eigenvalue weighted by atomic mass is 9.89. The van der Waals surface area contributed by atoms with Gasteiger partial charge in [-0.2, -0.15) is 4.98 Å².